The molecule has 6 nitrogen and oxygen atoms in total. The molecule has 32 heavy (non-hydrogen) atoms. The van der Waals surface area contributed by atoms with Crippen molar-refractivity contribution in [2.75, 3.05) is 5.32 Å². The molecule has 0 saturated carbocycles. The predicted octanol–water partition coefficient (Wildman–Crippen LogP) is 5.08. The van der Waals surface area contributed by atoms with Gasteiger partial charge in [0.25, 0.3) is 5.91 Å². The highest BCUT2D eigenvalue weighted by atomic mass is 35.5. The van der Waals surface area contributed by atoms with E-state index in [1.807, 2.05) is 0 Å². The second kappa shape index (κ2) is 9.30. The SMILES string of the molecule is O=C(CCC(O)c1ccccc1Cl)c1ccc(F)c(NC(=O)c2cnc3ccccn23)c1. The van der Waals surface area contributed by atoms with Crippen LogP contribution in [0.25, 0.3) is 5.65 Å². The molecule has 1 amide bonds. The number of fused-ring (bicyclic) bond motifs is 1. The fraction of sp³-hybridized carbons (Fsp3) is 0.125. The molecule has 0 aliphatic rings. The van der Waals surface area contributed by atoms with Crippen LogP contribution in [0.4, 0.5) is 10.1 Å². The lowest BCUT2D eigenvalue weighted by molar-refractivity contribution is 0.0939. The summed E-state index contributed by atoms with van der Waals surface area (Å²) in [7, 11) is 0. The van der Waals surface area contributed by atoms with Crippen LogP contribution in [0.5, 0.6) is 0 Å². The Morgan fingerprint density at radius 1 is 1.12 bits per heavy atom. The Morgan fingerprint density at radius 2 is 1.91 bits per heavy atom. The molecule has 0 saturated heterocycles. The van der Waals surface area contributed by atoms with Crippen molar-refractivity contribution in [2.45, 2.75) is 18.9 Å². The lowest BCUT2D eigenvalue weighted by Crippen LogP contribution is -2.16. The Balaban J connectivity index is 1.46. The highest BCUT2D eigenvalue weighted by Crippen LogP contribution is 2.27. The van der Waals surface area contributed by atoms with Crippen LogP contribution in [0.2, 0.25) is 5.02 Å². The fourth-order valence-corrected chi connectivity index (χ4v) is 3.66. The van der Waals surface area contributed by atoms with E-state index in [4.69, 9.17) is 11.6 Å². The maximum absolute atomic E-state index is 14.3. The minimum atomic E-state index is -0.901. The smallest absolute Gasteiger partial charge is 0.274 e. The third-order valence-corrected chi connectivity index (χ3v) is 5.44. The Labute approximate surface area is 188 Å². The van der Waals surface area contributed by atoms with Crippen molar-refractivity contribution in [2.24, 2.45) is 0 Å². The van der Waals surface area contributed by atoms with E-state index in [1.165, 1.54) is 18.3 Å². The van der Waals surface area contributed by atoms with E-state index in [-0.39, 0.29) is 35.6 Å². The molecule has 1 unspecified atom stereocenters. The Morgan fingerprint density at radius 3 is 2.72 bits per heavy atom. The summed E-state index contributed by atoms with van der Waals surface area (Å²) in [5.74, 6) is -1.51. The van der Waals surface area contributed by atoms with E-state index in [0.717, 1.165) is 6.07 Å². The first kappa shape index (κ1) is 21.7. The summed E-state index contributed by atoms with van der Waals surface area (Å²) in [6.45, 7) is 0. The number of Topliss-reactive ketones (excluding diaryl/α,β-unsaturated/α-hetero) is 1. The molecule has 0 aliphatic heterocycles. The Hall–Kier alpha value is -3.55. The molecular formula is C24H19ClFN3O3. The van der Waals surface area contributed by atoms with Crippen LogP contribution < -0.4 is 5.32 Å². The van der Waals surface area contributed by atoms with E-state index >= 15 is 0 Å². The molecule has 0 aliphatic carbocycles. The van der Waals surface area contributed by atoms with Crippen molar-refractivity contribution < 1.29 is 19.1 Å². The maximum atomic E-state index is 14.3. The summed E-state index contributed by atoms with van der Waals surface area (Å²) in [5.41, 5.74) is 1.48. The van der Waals surface area contributed by atoms with Gasteiger partial charge in [-0.3, -0.25) is 14.0 Å². The van der Waals surface area contributed by atoms with Gasteiger partial charge >= 0.3 is 0 Å². The minimum absolute atomic E-state index is 0.0265. The third-order valence-electron chi connectivity index (χ3n) is 5.10. The number of amides is 1. The minimum Gasteiger partial charge on any atom is -0.388 e. The molecular weight excluding hydrogens is 433 g/mol. The molecule has 0 fully saturated rings. The Bertz CT molecular complexity index is 1300. The number of pyridine rings is 1. The van der Waals surface area contributed by atoms with Crippen molar-refractivity contribution in [1.82, 2.24) is 9.38 Å². The van der Waals surface area contributed by atoms with Gasteiger partial charge in [-0.2, -0.15) is 0 Å². The molecule has 4 aromatic rings. The van der Waals surface area contributed by atoms with Crippen LogP contribution in [-0.2, 0) is 0 Å². The first-order chi connectivity index (χ1) is 15.4. The molecule has 1 atom stereocenters. The molecule has 4 rings (SSSR count). The highest BCUT2D eigenvalue weighted by Gasteiger charge is 2.18. The lowest BCUT2D eigenvalue weighted by Gasteiger charge is -2.12. The number of hydrogen-bond donors (Lipinski definition) is 2. The summed E-state index contributed by atoms with van der Waals surface area (Å²) in [6, 6.07) is 15.9. The van der Waals surface area contributed by atoms with E-state index < -0.39 is 17.8 Å². The average Bonchev–Trinajstić information content (AvgIpc) is 3.23. The summed E-state index contributed by atoms with van der Waals surface area (Å²) in [4.78, 5) is 29.4. The number of nitrogens with one attached hydrogen (secondary N) is 1. The van der Waals surface area contributed by atoms with Crippen LogP contribution in [0.3, 0.4) is 0 Å². The van der Waals surface area contributed by atoms with Crippen LogP contribution in [-0.4, -0.2) is 26.2 Å². The van der Waals surface area contributed by atoms with E-state index in [9.17, 15) is 19.1 Å². The van der Waals surface area contributed by atoms with E-state index in [0.29, 0.717) is 16.2 Å². The lowest BCUT2D eigenvalue weighted by atomic mass is 10.00. The average molecular weight is 452 g/mol. The van der Waals surface area contributed by atoms with Crippen molar-refractivity contribution in [3.8, 4) is 0 Å². The van der Waals surface area contributed by atoms with Crippen LogP contribution in [0.15, 0.2) is 73.1 Å². The molecule has 2 N–H and O–H groups in total. The number of carbonyl (C=O) groups excluding carboxylic acids is 2. The summed E-state index contributed by atoms with van der Waals surface area (Å²) in [6.07, 6.45) is 2.36. The predicted molar refractivity (Wildman–Crippen MR) is 120 cm³/mol. The van der Waals surface area contributed by atoms with Crippen LogP contribution >= 0.6 is 11.6 Å². The van der Waals surface area contributed by atoms with Gasteiger partial charge in [-0.25, -0.2) is 9.37 Å². The summed E-state index contributed by atoms with van der Waals surface area (Å²) < 4.78 is 15.9. The molecule has 0 bridgehead atoms. The fourth-order valence-electron chi connectivity index (χ4n) is 3.39. The number of halogens is 2. The zero-order valence-corrected chi connectivity index (χ0v) is 17.6. The molecule has 162 valence electrons. The number of anilines is 1. The number of ketones is 1. The molecule has 0 spiro atoms. The van der Waals surface area contributed by atoms with Gasteiger partial charge in [0.1, 0.15) is 17.2 Å². The van der Waals surface area contributed by atoms with Crippen molar-refractivity contribution in [1.29, 1.82) is 0 Å². The number of benzene rings is 2. The monoisotopic (exact) mass is 451 g/mol. The van der Waals surface area contributed by atoms with Crippen molar-refractivity contribution in [3.05, 3.63) is 101 Å². The molecule has 2 aromatic carbocycles. The number of imidazole rings is 1. The topological polar surface area (TPSA) is 83.7 Å². The van der Waals surface area contributed by atoms with Gasteiger partial charge in [0.05, 0.1) is 18.0 Å². The van der Waals surface area contributed by atoms with Gasteiger partial charge in [-0.15, -0.1) is 0 Å². The number of aliphatic hydroxyl groups excluding tert-OH is 1. The molecule has 0 radical (unpaired) electrons. The second-order valence-electron chi connectivity index (χ2n) is 7.22. The highest BCUT2D eigenvalue weighted by molar-refractivity contribution is 6.31. The largest absolute Gasteiger partial charge is 0.388 e. The van der Waals surface area contributed by atoms with Gasteiger partial charge in [0.15, 0.2) is 5.78 Å². The Kier molecular flexibility index (Phi) is 6.30. The zero-order chi connectivity index (χ0) is 22.7. The second-order valence-corrected chi connectivity index (χ2v) is 7.63. The third kappa shape index (κ3) is 4.54. The van der Waals surface area contributed by atoms with Crippen molar-refractivity contribution in [3.63, 3.8) is 0 Å². The van der Waals surface area contributed by atoms with Crippen LogP contribution in [0.1, 0.15) is 45.4 Å². The maximum Gasteiger partial charge on any atom is 0.274 e. The normalized spacial score (nSPS) is 12.0. The summed E-state index contributed by atoms with van der Waals surface area (Å²) in [5, 5.41) is 13.3. The standard InChI is InChI=1S/C24H19ClFN3O3/c25-17-6-2-1-5-16(17)22(31)11-10-21(30)15-8-9-18(26)19(13-15)28-24(32)20-14-27-23-7-3-4-12-29(20)23/h1-9,12-14,22,31H,10-11H2,(H,28,32). The van der Waals surface area contributed by atoms with Gasteiger partial charge in [-0.05, 0) is 48.4 Å². The molecule has 2 aromatic heterocycles. The van der Waals surface area contributed by atoms with Gasteiger partial charge in [-0.1, -0.05) is 35.9 Å². The van der Waals surface area contributed by atoms with E-state index in [1.54, 1.807) is 53.1 Å². The molecule has 8 heteroatoms. The van der Waals surface area contributed by atoms with Gasteiger partial charge in [0, 0.05) is 23.2 Å². The van der Waals surface area contributed by atoms with Crippen molar-refractivity contribution >= 4 is 34.6 Å². The number of nitrogens with zero attached hydrogens (tertiary/aromatic N) is 2. The van der Waals surface area contributed by atoms with Gasteiger partial charge < -0.3 is 10.4 Å². The number of carbonyl (C=O) groups is 2. The number of aromatic nitrogens is 2. The van der Waals surface area contributed by atoms with Gasteiger partial charge in [0.2, 0.25) is 0 Å². The zero-order valence-electron chi connectivity index (χ0n) is 16.8. The quantitative estimate of drug-likeness (QED) is 0.384. The number of rotatable bonds is 7. The van der Waals surface area contributed by atoms with E-state index in [2.05, 4.69) is 10.3 Å². The number of aliphatic hydroxyl groups is 1. The van der Waals surface area contributed by atoms with Crippen LogP contribution in [0, 0.1) is 5.82 Å². The summed E-state index contributed by atoms with van der Waals surface area (Å²) >= 11 is 6.08. The first-order valence-electron chi connectivity index (χ1n) is 9.92. The molecule has 2 heterocycles. The number of hydrogen-bond acceptors (Lipinski definition) is 4. The first-order valence-corrected chi connectivity index (χ1v) is 10.3.